The van der Waals surface area contributed by atoms with Gasteiger partial charge in [-0.1, -0.05) is 124 Å². The Balaban J connectivity index is 1.58. The molecule has 41 heavy (non-hydrogen) atoms. The van der Waals surface area contributed by atoms with Crippen LogP contribution in [-0.4, -0.2) is 5.11 Å². The number of benzene rings is 4. The van der Waals surface area contributed by atoms with Gasteiger partial charge >= 0.3 is 0 Å². The van der Waals surface area contributed by atoms with E-state index in [2.05, 4.69) is 118 Å². The second-order valence-electron chi connectivity index (χ2n) is 13.3. The van der Waals surface area contributed by atoms with Crippen LogP contribution in [0.5, 0.6) is 11.5 Å². The van der Waals surface area contributed by atoms with Crippen LogP contribution in [-0.2, 0) is 21.4 Å². The third-order valence-corrected chi connectivity index (χ3v) is 8.73. The van der Waals surface area contributed by atoms with Gasteiger partial charge in [0, 0.05) is 33.5 Å². The standard InChI is InChI=1S/C37H37BrO3/c1-35(2,3)30-18-25(19-31(34(30)39)36(4,5)6)28-22-37(40-32-17-16-26(38)21-27(28)32)29-15-11-10-14-24(29)20-33(41-37)23-12-8-7-9-13-23/h7-21,28,39H,22H2,1-6H3/t28-,37-/m1/s1. The predicted octanol–water partition coefficient (Wildman–Crippen LogP) is 10.0. The highest BCUT2D eigenvalue weighted by Crippen LogP contribution is 2.54. The second kappa shape index (κ2) is 9.80. The Kier molecular flexibility index (Phi) is 6.61. The zero-order valence-corrected chi connectivity index (χ0v) is 26.2. The molecule has 2 heterocycles. The van der Waals surface area contributed by atoms with Gasteiger partial charge in [-0.25, -0.2) is 0 Å². The Morgan fingerprint density at radius 3 is 2.07 bits per heavy atom. The maximum atomic E-state index is 11.5. The van der Waals surface area contributed by atoms with Crippen molar-refractivity contribution in [3.05, 3.63) is 128 Å². The fourth-order valence-electron chi connectivity index (χ4n) is 6.13. The van der Waals surface area contributed by atoms with Crippen LogP contribution < -0.4 is 4.74 Å². The van der Waals surface area contributed by atoms with E-state index >= 15 is 0 Å². The van der Waals surface area contributed by atoms with E-state index in [1.54, 1.807) is 0 Å². The summed E-state index contributed by atoms with van der Waals surface area (Å²) in [5.41, 5.74) is 6.80. The number of phenols is 1. The molecule has 2 aliphatic heterocycles. The first-order valence-corrected chi connectivity index (χ1v) is 15.1. The summed E-state index contributed by atoms with van der Waals surface area (Å²) >= 11 is 3.71. The zero-order valence-electron chi connectivity index (χ0n) is 24.6. The van der Waals surface area contributed by atoms with Crippen molar-refractivity contribution in [2.24, 2.45) is 0 Å². The minimum Gasteiger partial charge on any atom is -0.507 e. The first kappa shape index (κ1) is 27.7. The Hall–Kier alpha value is -3.50. The fourth-order valence-corrected chi connectivity index (χ4v) is 6.51. The Bertz CT molecular complexity index is 1620. The van der Waals surface area contributed by atoms with Gasteiger partial charge in [0.15, 0.2) is 0 Å². The zero-order chi connectivity index (χ0) is 29.2. The van der Waals surface area contributed by atoms with Gasteiger partial charge in [-0.3, -0.25) is 0 Å². The minimum absolute atomic E-state index is 0.0396. The molecule has 2 aliphatic rings. The van der Waals surface area contributed by atoms with E-state index in [-0.39, 0.29) is 16.7 Å². The second-order valence-corrected chi connectivity index (χ2v) is 14.2. The minimum atomic E-state index is -1.02. The van der Waals surface area contributed by atoms with E-state index in [9.17, 15) is 5.11 Å². The molecule has 0 aliphatic carbocycles. The van der Waals surface area contributed by atoms with E-state index in [0.29, 0.717) is 12.2 Å². The maximum absolute atomic E-state index is 11.5. The summed E-state index contributed by atoms with van der Waals surface area (Å²) in [6.45, 7) is 13.0. The van der Waals surface area contributed by atoms with Crippen molar-refractivity contribution in [2.45, 2.75) is 70.5 Å². The van der Waals surface area contributed by atoms with Crippen LogP contribution in [0.1, 0.15) is 92.8 Å². The Morgan fingerprint density at radius 1 is 0.780 bits per heavy atom. The lowest BCUT2D eigenvalue weighted by atomic mass is 9.73. The molecule has 4 aromatic carbocycles. The van der Waals surface area contributed by atoms with Gasteiger partial charge in [-0.15, -0.1) is 0 Å². The lowest BCUT2D eigenvalue weighted by Crippen LogP contribution is -2.43. The summed E-state index contributed by atoms with van der Waals surface area (Å²) in [6, 6.07) is 29.2. The first-order chi connectivity index (χ1) is 19.4. The van der Waals surface area contributed by atoms with E-state index < -0.39 is 5.79 Å². The third kappa shape index (κ3) is 4.97. The molecule has 0 saturated carbocycles. The molecule has 0 unspecified atom stereocenters. The smallest absolute Gasteiger partial charge is 0.279 e. The SMILES string of the molecule is CC(C)(C)c1cc([C@H]2C[C@]3(OC(c4ccccc4)=Cc4ccccc43)Oc3ccc(Br)cc32)cc(C(C)(C)C)c1O. The van der Waals surface area contributed by atoms with Gasteiger partial charge in [0.25, 0.3) is 5.79 Å². The molecular formula is C37H37BrO3. The molecule has 0 bridgehead atoms. The fraction of sp³-hybridized carbons (Fsp3) is 0.297. The molecule has 2 atom stereocenters. The molecule has 210 valence electrons. The van der Waals surface area contributed by atoms with Crippen molar-refractivity contribution in [3.63, 3.8) is 0 Å². The monoisotopic (exact) mass is 608 g/mol. The number of hydrogen-bond donors (Lipinski definition) is 1. The van der Waals surface area contributed by atoms with Crippen LogP contribution in [0.2, 0.25) is 0 Å². The van der Waals surface area contributed by atoms with Crippen molar-refractivity contribution in [2.75, 3.05) is 0 Å². The topological polar surface area (TPSA) is 38.7 Å². The number of fused-ring (bicyclic) bond motifs is 3. The highest BCUT2D eigenvalue weighted by atomic mass is 79.9. The largest absolute Gasteiger partial charge is 0.507 e. The first-order valence-electron chi connectivity index (χ1n) is 14.3. The molecule has 0 saturated heterocycles. The summed E-state index contributed by atoms with van der Waals surface area (Å²) in [6.07, 6.45) is 2.69. The average Bonchev–Trinajstić information content (AvgIpc) is 2.92. The highest BCUT2D eigenvalue weighted by Gasteiger charge is 2.49. The van der Waals surface area contributed by atoms with Gasteiger partial charge in [0.05, 0.1) is 0 Å². The van der Waals surface area contributed by atoms with E-state index in [4.69, 9.17) is 9.47 Å². The molecule has 0 aromatic heterocycles. The summed E-state index contributed by atoms with van der Waals surface area (Å²) in [5, 5.41) is 11.5. The van der Waals surface area contributed by atoms with E-state index in [1.807, 2.05) is 30.3 Å². The summed E-state index contributed by atoms with van der Waals surface area (Å²) in [4.78, 5) is 0. The van der Waals surface area contributed by atoms with Crippen LogP contribution in [0.25, 0.3) is 11.8 Å². The van der Waals surface area contributed by atoms with Gasteiger partial charge < -0.3 is 14.6 Å². The number of ether oxygens (including phenoxy) is 2. The number of aromatic hydroxyl groups is 1. The summed E-state index contributed by atoms with van der Waals surface area (Å²) < 4.78 is 14.9. The lowest BCUT2D eigenvalue weighted by molar-refractivity contribution is -0.159. The van der Waals surface area contributed by atoms with Crippen LogP contribution in [0.3, 0.4) is 0 Å². The van der Waals surface area contributed by atoms with Crippen LogP contribution in [0, 0.1) is 0 Å². The predicted molar refractivity (Wildman–Crippen MR) is 170 cm³/mol. The van der Waals surface area contributed by atoms with Gasteiger partial charge in [-0.05, 0) is 57.4 Å². The summed E-state index contributed by atoms with van der Waals surface area (Å²) in [5.74, 6) is 0.918. The number of rotatable bonds is 2. The Morgan fingerprint density at radius 2 is 1.41 bits per heavy atom. The highest BCUT2D eigenvalue weighted by molar-refractivity contribution is 9.10. The molecule has 4 heteroatoms. The number of phenolic OH excluding ortho intramolecular Hbond substituents is 1. The summed E-state index contributed by atoms with van der Waals surface area (Å²) in [7, 11) is 0. The number of hydrogen-bond acceptors (Lipinski definition) is 3. The average molecular weight is 610 g/mol. The molecule has 1 N–H and O–H groups in total. The quantitative estimate of drug-likeness (QED) is 0.246. The van der Waals surface area contributed by atoms with Crippen molar-refractivity contribution in [1.82, 2.24) is 0 Å². The van der Waals surface area contributed by atoms with Crippen molar-refractivity contribution >= 4 is 27.8 Å². The van der Waals surface area contributed by atoms with E-state index in [0.717, 1.165) is 54.9 Å². The Labute approximate surface area is 252 Å². The number of halogens is 1. The van der Waals surface area contributed by atoms with Crippen LogP contribution in [0.15, 0.2) is 89.4 Å². The van der Waals surface area contributed by atoms with Crippen molar-refractivity contribution in [1.29, 1.82) is 0 Å². The van der Waals surface area contributed by atoms with Crippen LogP contribution in [0.4, 0.5) is 0 Å². The van der Waals surface area contributed by atoms with Crippen molar-refractivity contribution < 1.29 is 14.6 Å². The maximum Gasteiger partial charge on any atom is 0.279 e. The molecular weight excluding hydrogens is 572 g/mol. The van der Waals surface area contributed by atoms with Gasteiger partial charge in [0.2, 0.25) is 0 Å². The third-order valence-electron chi connectivity index (χ3n) is 8.24. The molecule has 3 nitrogen and oxygen atoms in total. The normalized spacial score (nSPS) is 20.0. The van der Waals surface area contributed by atoms with Crippen molar-refractivity contribution in [3.8, 4) is 11.5 Å². The molecule has 6 rings (SSSR count). The molecule has 0 amide bonds. The lowest BCUT2D eigenvalue weighted by Gasteiger charge is -2.45. The molecule has 4 aromatic rings. The van der Waals surface area contributed by atoms with Gasteiger partial charge in [-0.2, -0.15) is 0 Å². The van der Waals surface area contributed by atoms with E-state index in [1.165, 1.54) is 0 Å². The molecule has 0 fully saturated rings. The van der Waals surface area contributed by atoms with Crippen LogP contribution >= 0.6 is 15.9 Å². The molecule has 1 spiro atoms. The molecule has 0 radical (unpaired) electrons. The van der Waals surface area contributed by atoms with Gasteiger partial charge in [0.1, 0.15) is 17.3 Å².